The van der Waals surface area contributed by atoms with Crippen molar-refractivity contribution in [1.29, 1.82) is 0 Å². The van der Waals surface area contributed by atoms with Crippen molar-refractivity contribution in [3.8, 4) is 28.2 Å². The van der Waals surface area contributed by atoms with Gasteiger partial charge in [-0.1, -0.05) is 91.0 Å². The molecule has 220 valence electrons. The van der Waals surface area contributed by atoms with Crippen molar-refractivity contribution in [2.75, 3.05) is 0 Å². The summed E-state index contributed by atoms with van der Waals surface area (Å²) in [4.78, 5) is 10.8. The monoisotopic (exact) mass is 609 g/mol. The van der Waals surface area contributed by atoms with E-state index in [4.69, 9.17) is 14.4 Å². The van der Waals surface area contributed by atoms with Crippen LogP contribution >= 0.6 is 0 Å². The van der Waals surface area contributed by atoms with Crippen molar-refractivity contribution in [1.82, 2.24) is 14.5 Å². The van der Waals surface area contributed by atoms with Gasteiger partial charge in [-0.05, 0) is 86.6 Å². The fourth-order valence-electron chi connectivity index (χ4n) is 8.44. The molecule has 1 aliphatic carbocycles. The van der Waals surface area contributed by atoms with Crippen molar-refractivity contribution >= 4 is 87.1 Å². The van der Waals surface area contributed by atoms with Gasteiger partial charge in [0, 0.05) is 32.5 Å². The van der Waals surface area contributed by atoms with Crippen LogP contribution in [0.2, 0.25) is 0 Å². The van der Waals surface area contributed by atoms with Gasteiger partial charge < -0.3 is 4.42 Å². The molecule has 4 nitrogen and oxygen atoms in total. The van der Waals surface area contributed by atoms with E-state index in [2.05, 4.69) is 132 Å². The molecule has 0 saturated carbocycles. The average Bonchev–Trinajstić information content (AvgIpc) is 3.65. The van der Waals surface area contributed by atoms with Crippen molar-refractivity contribution < 1.29 is 4.42 Å². The van der Waals surface area contributed by atoms with Gasteiger partial charge in [0.05, 0.1) is 22.1 Å². The lowest BCUT2D eigenvalue weighted by Gasteiger charge is -2.16. The highest BCUT2D eigenvalue weighted by Gasteiger charge is 2.28. The fraction of sp³-hybridized carbons (Fsp3) is 0. The first kappa shape index (κ1) is 24.7. The SMILES string of the molecule is c1ccc2cc(-c3nc4ccccc4nc3-n3c4ccc5c6ccccc6cc6c5c4c4c5c(ccc43)oc3cccc-6c35)ccc2c1. The normalized spacial score (nSPS) is 12.6. The number of rotatable bonds is 2. The van der Waals surface area contributed by atoms with Crippen LogP contribution in [-0.4, -0.2) is 14.5 Å². The van der Waals surface area contributed by atoms with E-state index in [0.717, 1.165) is 55.7 Å². The lowest BCUT2D eigenvalue weighted by Crippen LogP contribution is -2.03. The number of fused-ring (bicyclic) bond motifs is 5. The quantitative estimate of drug-likeness (QED) is 0.183. The summed E-state index contributed by atoms with van der Waals surface area (Å²) in [5.41, 5.74) is 10.1. The molecule has 11 aromatic rings. The number of hydrogen-bond acceptors (Lipinski definition) is 3. The van der Waals surface area contributed by atoms with Crippen LogP contribution in [0.3, 0.4) is 0 Å². The Balaban J connectivity index is 1.33. The van der Waals surface area contributed by atoms with Gasteiger partial charge in [0.25, 0.3) is 0 Å². The maximum atomic E-state index is 6.57. The highest BCUT2D eigenvalue weighted by molar-refractivity contribution is 6.39. The maximum Gasteiger partial charge on any atom is 0.165 e. The van der Waals surface area contributed by atoms with Crippen LogP contribution in [0.1, 0.15) is 0 Å². The minimum Gasteiger partial charge on any atom is -0.456 e. The Morgan fingerprint density at radius 1 is 0.438 bits per heavy atom. The summed E-state index contributed by atoms with van der Waals surface area (Å²) in [7, 11) is 0. The van der Waals surface area contributed by atoms with Crippen LogP contribution in [0.5, 0.6) is 0 Å². The van der Waals surface area contributed by atoms with Crippen molar-refractivity contribution in [2.45, 2.75) is 0 Å². The Kier molecular flexibility index (Phi) is 4.44. The number of furan rings is 1. The number of hydrogen-bond donors (Lipinski definition) is 0. The molecule has 0 unspecified atom stereocenters. The zero-order chi connectivity index (χ0) is 31.1. The minimum atomic E-state index is 0.818. The molecule has 0 radical (unpaired) electrons. The maximum absolute atomic E-state index is 6.57. The Morgan fingerprint density at radius 2 is 1.17 bits per heavy atom. The van der Waals surface area contributed by atoms with Crippen LogP contribution in [0.15, 0.2) is 144 Å². The van der Waals surface area contributed by atoms with Crippen molar-refractivity contribution in [3.05, 3.63) is 140 Å². The summed E-state index contributed by atoms with van der Waals surface area (Å²) >= 11 is 0. The van der Waals surface area contributed by atoms with Crippen LogP contribution < -0.4 is 0 Å². The van der Waals surface area contributed by atoms with E-state index in [-0.39, 0.29) is 0 Å². The third-order valence-electron chi connectivity index (χ3n) is 10.5. The fourth-order valence-corrected chi connectivity index (χ4v) is 8.44. The van der Waals surface area contributed by atoms with Gasteiger partial charge in [-0.15, -0.1) is 0 Å². The largest absolute Gasteiger partial charge is 0.456 e. The highest BCUT2D eigenvalue weighted by Crippen LogP contribution is 2.52. The summed E-state index contributed by atoms with van der Waals surface area (Å²) < 4.78 is 8.92. The smallest absolute Gasteiger partial charge is 0.165 e. The molecule has 0 aliphatic heterocycles. The number of aromatic nitrogens is 3. The third kappa shape index (κ3) is 3.00. The molecule has 0 spiro atoms. The zero-order valence-electron chi connectivity index (χ0n) is 25.5. The summed E-state index contributed by atoms with van der Waals surface area (Å²) in [5.74, 6) is 0.818. The molecule has 0 N–H and O–H groups in total. The van der Waals surface area contributed by atoms with Gasteiger partial charge in [0.1, 0.15) is 16.9 Å². The van der Waals surface area contributed by atoms with E-state index >= 15 is 0 Å². The number of nitrogens with zero attached hydrogens (tertiary/aromatic N) is 3. The molecule has 3 aromatic heterocycles. The molecular weight excluding hydrogens is 587 g/mol. The first-order valence-corrected chi connectivity index (χ1v) is 16.3. The van der Waals surface area contributed by atoms with Gasteiger partial charge in [-0.25, -0.2) is 9.97 Å². The molecule has 0 saturated heterocycles. The lowest BCUT2D eigenvalue weighted by molar-refractivity contribution is 0.669. The second-order valence-corrected chi connectivity index (χ2v) is 12.9. The summed E-state index contributed by atoms with van der Waals surface area (Å²) in [6.07, 6.45) is 0. The van der Waals surface area contributed by atoms with E-state index in [1.165, 1.54) is 59.6 Å². The third-order valence-corrected chi connectivity index (χ3v) is 10.5. The highest BCUT2D eigenvalue weighted by atomic mass is 16.3. The first-order chi connectivity index (χ1) is 23.8. The van der Waals surface area contributed by atoms with Crippen LogP contribution in [-0.2, 0) is 0 Å². The molecule has 8 aromatic carbocycles. The molecular formula is C44H23N3O. The number of benzene rings is 8. The van der Waals surface area contributed by atoms with Crippen molar-refractivity contribution in [3.63, 3.8) is 0 Å². The lowest BCUT2D eigenvalue weighted by atomic mass is 9.91. The second-order valence-electron chi connectivity index (χ2n) is 12.9. The zero-order valence-corrected chi connectivity index (χ0v) is 25.5. The molecule has 0 atom stereocenters. The Hall–Kier alpha value is -6.52. The molecule has 0 bridgehead atoms. The Morgan fingerprint density at radius 3 is 2.06 bits per heavy atom. The van der Waals surface area contributed by atoms with E-state index in [9.17, 15) is 0 Å². The van der Waals surface area contributed by atoms with Crippen molar-refractivity contribution in [2.24, 2.45) is 0 Å². The Bertz CT molecular complexity index is 3240. The topological polar surface area (TPSA) is 43.9 Å². The Labute approximate surface area is 273 Å². The molecule has 12 rings (SSSR count). The van der Waals surface area contributed by atoms with E-state index < -0.39 is 0 Å². The first-order valence-electron chi connectivity index (χ1n) is 16.3. The molecule has 0 fully saturated rings. The van der Waals surface area contributed by atoms with Crippen LogP contribution in [0.4, 0.5) is 0 Å². The summed E-state index contributed by atoms with van der Waals surface area (Å²) in [5, 5.41) is 12.2. The van der Waals surface area contributed by atoms with Gasteiger partial charge in [-0.3, -0.25) is 4.57 Å². The van der Waals surface area contributed by atoms with Crippen LogP contribution in [0.25, 0.3) is 115 Å². The number of para-hydroxylation sites is 2. The summed E-state index contributed by atoms with van der Waals surface area (Å²) in [6, 6.07) is 49.8. The summed E-state index contributed by atoms with van der Waals surface area (Å²) in [6.45, 7) is 0. The van der Waals surface area contributed by atoms with Gasteiger partial charge >= 0.3 is 0 Å². The predicted molar refractivity (Wildman–Crippen MR) is 198 cm³/mol. The second kappa shape index (κ2) is 8.64. The molecule has 3 heterocycles. The van der Waals surface area contributed by atoms with Crippen LogP contribution in [0, 0.1) is 0 Å². The molecule has 48 heavy (non-hydrogen) atoms. The minimum absolute atomic E-state index is 0.818. The van der Waals surface area contributed by atoms with E-state index in [0.29, 0.717) is 0 Å². The molecule has 1 aliphatic rings. The standard InChI is InChI=1S/C44H23N3O/c1-2-9-25-22-27(17-16-24(25)8-1)43-44(46-33-14-6-5-13-32(33)45-43)47-34-19-18-30-28-11-4-3-10-26(28)23-31-29-12-7-15-36-39(29)42-37(48-36)21-20-35(47)41(42)40(34)38(30)31/h1-23H. The average molecular weight is 610 g/mol. The van der Waals surface area contributed by atoms with Gasteiger partial charge in [-0.2, -0.15) is 0 Å². The van der Waals surface area contributed by atoms with Gasteiger partial charge in [0.2, 0.25) is 0 Å². The molecule has 0 amide bonds. The predicted octanol–water partition coefficient (Wildman–Crippen LogP) is 11.7. The van der Waals surface area contributed by atoms with Gasteiger partial charge in [0.15, 0.2) is 5.82 Å². The van der Waals surface area contributed by atoms with E-state index in [1.807, 2.05) is 12.1 Å². The van der Waals surface area contributed by atoms with E-state index in [1.54, 1.807) is 0 Å². The molecule has 4 heteroatoms.